The van der Waals surface area contributed by atoms with E-state index in [0.717, 1.165) is 25.7 Å². The lowest BCUT2D eigenvalue weighted by atomic mass is 9.66. The van der Waals surface area contributed by atoms with Crippen LogP contribution < -0.4 is 5.32 Å². The Labute approximate surface area is 218 Å². The number of thioether (sulfide) groups is 1. The molecule has 0 aliphatic heterocycles. The molecule has 0 spiro atoms. The zero-order chi connectivity index (χ0) is 27.2. The van der Waals surface area contributed by atoms with Gasteiger partial charge < -0.3 is 10.1 Å². The second kappa shape index (κ2) is 12.3. The van der Waals surface area contributed by atoms with Crippen molar-refractivity contribution in [3.8, 4) is 0 Å². The van der Waals surface area contributed by atoms with E-state index in [-0.39, 0.29) is 32.0 Å². The summed E-state index contributed by atoms with van der Waals surface area (Å²) in [6.45, 7) is 34.6. The second-order valence-corrected chi connectivity index (χ2v) is 17.3. The van der Waals surface area contributed by atoms with E-state index in [0.29, 0.717) is 24.4 Å². The summed E-state index contributed by atoms with van der Waals surface area (Å²) in [5.74, 6) is 0.822. The molecule has 4 heteroatoms. The van der Waals surface area contributed by atoms with Crippen LogP contribution in [0.3, 0.4) is 0 Å². The summed E-state index contributed by atoms with van der Waals surface area (Å²) >= 11 is 2.02. The molecule has 0 unspecified atom stereocenters. The lowest BCUT2D eigenvalue weighted by Crippen LogP contribution is -2.47. The predicted octanol–water partition coefficient (Wildman–Crippen LogP) is 9.04. The standard InChI is InChI=1S/C30H61NO2S/c1-16-25(4,5)22-26(6,7)30(14,15)33-20-19-27(8,9)31-24(32)17-18-28(10,11)34-29(12,13)21-23(2)3/h23H,16-22H2,1-15H3,(H,31,32). The van der Waals surface area contributed by atoms with Crippen molar-refractivity contribution in [3.05, 3.63) is 0 Å². The number of rotatable bonds is 16. The molecular weight excluding hydrogens is 438 g/mol. The van der Waals surface area contributed by atoms with Gasteiger partial charge in [-0.25, -0.2) is 0 Å². The maximum Gasteiger partial charge on any atom is 0.220 e. The van der Waals surface area contributed by atoms with Crippen LogP contribution in [0.15, 0.2) is 0 Å². The minimum Gasteiger partial charge on any atom is -0.375 e. The van der Waals surface area contributed by atoms with Crippen LogP contribution in [0.1, 0.15) is 142 Å². The molecule has 34 heavy (non-hydrogen) atoms. The van der Waals surface area contributed by atoms with Gasteiger partial charge in [0.2, 0.25) is 5.91 Å². The Kier molecular flexibility index (Phi) is 12.3. The SMILES string of the molecule is CCC(C)(C)CC(C)(C)C(C)(C)OCCC(C)(C)NC(=O)CCC(C)(C)SC(C)(C)CC(C)C. The number of nitrogens with one attached hydrogen (secondary N) is 1. The van der Waals surface area contributed by atoms with Crippen LogP contribution in [0.5, 0.6) is 0 Å². The van der Waals surface area contributed by atoms with Crippen molar-refractivity contribution in [2.24, 2.45) is 16.7 Å². The van der Waals surface area contributed by atoms with E-state index in [4.69, 9.17) is 4.74 Å². The van der Waals surface area contributed by atoms with E-state index in [2.05, 4.69) is 109 Å². The zero-order valence-corrected chi connectivity index (χ0v) is 26.6. The Morgan fingerprint density at radius 2 is 1.38 bits per heavy atom. The van der Waals surface area contributed by atoms with Crippen molar-refractivity contribution in [1.29, 1.82) is 0 Å². The summed E-state index contributed by atoms with van der Waals surface area (Å²) in [7, 11) is 0. The smallest absolute Gasteiger partial charge is 0.220 e. The lowest BCUT2D eigenvalue weighted by molar-refractivity contribution is -0.125. The van der Waals surface area contributed by atoms with Gasteiger partial charge in [0.25, 0.3) is 0 Å². The molecule has 204 valence electrons. The minimum atomic E-state index is -0.284. The van der Waals surface area contributed by atoms with Gasteiger partial charge in [0.1, 0.15) is 0 Å². The van der Waals surface area contributed by atoms with Crippen LogP contribution in [-0.4, -0.2) is 33.1 Å². The summed E-state index contributed by atoms with van der Waals surface area (Å²) in [6, 6.07) is 0. The summed E-state index contributed by atoms with van der Waals surface area (Å²) in [5, 5.41) is 3.27. The van der Waals surface area contributed by atoms with E-state index in [1.54, 1.807) is 0 Å². The monoisotopic (exact) mass is 499 g/mol. The molecule has 0 aliphatic rings. The van der Waals surface area contributed by atoms with E-state index < -0.39 is 0 Å². The van der Waals surface area contributed by atoms with Crippen LogP contribution >= 0.6 is 11.8 Å². The summed E-state index contributed by atoms with van der Waals surface area (Å²) < 4.78 is 6.74. The average molecular weight is 500 g/mol. The maximum absolute atomic E-state index is 12.8. The molecule has 0 aromatic rings. The predicted molar refractivity (Wildman–Crippen MR) is 154 cm³/mol. The molecule has 0 fully saturated rings. The van der Waals surface area contributed by atoms with Crippen LogP contribution in [0.2, 0.25) is 0 Å². The van der Waals surface area contributed by atoms with Crippen molar-refractivity contribution < 1.29 is 9.53 Å². The number of ether oxygens (including phenoxy) is 1. The highest BCUT2D eigenvalue weighted by Crippen LogP contribution is 2.45. The van der Waals surface area contributed by atoms with Gasteiger partial charge in [-0.2, -0.15) is 0 Å². The molecule has 0 bridgehead atoms. The van der Waals surface area contributed by atoms with Gasteiger partial charge in [-0.15, -0.1) is 11.8 Å². The number of hydrogen-bond acceptors (Lipinski definition) is 3. The van der Waals surface area contributed by atoms with Crippen LogP contribution in [-0.2, 0) is 9.53 Å². The largest absolute Gasteiger partial charge is 0.375 e. The molecule has 0 rings (SSSR count). The first-order valence-electron chi connectivity index (χ1n) is 13.6. The number of carbonyl (C=O) groups is 1. The Morgan fingerprint density at radius 3 is 1.85 bits per heavy atom. The first-order valence-corrected chi connectivity index (χ1v) is 14.4. The van der Waals surface area contributed by atoms with Gasteiger partial charge in [-0.3, -0.25) is 4.79 Å². The summed E-state index contributed by atoms with van der Waals surface area (Å²) in [5.41, 5.74) is -0.155. The highest BCUT2D eigenvalue weighted by atomic mass is 32.2. The third kappa shape index (κ3) is 13.2. The van der Waals surface area contributed by atoms with E-state index in [1.165, 1.54) is 6.42 Å². The first kappa shape index (κ1) is 33.8. The number of hydrogen-bond donors (Lipinski definition) is 1. The number of carbonyl (C=O) groups excluding carboxylic acids is 1. The molecule has 1 amide bonds. The van der Waals surface area contributed by atoms with E-state index in [1.807, 2.05) is 11.8 Å². The molecule has 0 aromatic carbocycles. The third-order valence-corrected chi connectivity index (χ3v) is 9.06. The Bertz CT molecular complexity index is 630. The highest BCUT2D eigenvalue weighted by molar-refractivity contribution is 8.01. The Hall–Kier alpha value is -0.220. The molecule has 3 nitrogen and oxygen atoms in total. The molecule has 0 aromatic heterocycles. The average Bonchev–Trinajstić information content (AvgIpc) is 2.56. The summed E-state index contributed by atoms with van der Waals surface area (Å²) in [4.78, 5) is 12.8. The van der Waals surface area contributed by atoms with E-state index in [9.17, 15) is 4.79 Å². The fraction of sp³-hybridized carbons (Fsp3) is 0.967. The van der Waals surface area contributed by atoms with E-state index >= 15 is 0 Å². The van der Waals surface area contributed by atoms with Crippen molar-refractivity contribution in [1.82, 2.24) is 5.32 Å². The molecule has 0 saturated heterocycles. The highest BCUT2D eigenvalue weighted by Gasteiger charge is 2.41. The normalized spacial score (nSPS) is 14.6. The second-order valence-electron chi connectivity index (χ2n) is 14.8. The molecule has 1 N–H and O–H groups in total. The summed E-state index contributed by atoms with van der Waals surface area (Å²) in [6.07, 6.45) is 5.71. The van der Waals surface area contributed by atoms with Gasteiger partial charge in [0, 0.05) is 28.1 Å². The first-order chi connectivity index (χ1) is 14.9. The molecule has 0 aliphatic carbocycles. The quantitative estimate of drug-likeness (QED) is 0.230. The maximum atomic E-state index is 12.8. The van der Waals surface area contributed by atoms with Crippen LogP contribution in [0.4, 0.5) is 0 Å². The van der Waals surface area contributed by atoms with Gasteiger partial charge in [-0.1, -0.05) is 82.6 Å². The van der Waals surface area contributed by atoms with Crippen LogP contribution in [0.25, 0.3) is 0 Å². The minimum absolute atomic E-state index is 0.0620. The van der Waals surface area contributed by atoms with Gasteiger partial charge >= 0.3 is 0 Å². The van der Waals surface area contributed by atoms with Gasteiger partial charge in [0.05, 0.1) is 5.60 Å². The number of amides is 1. The van der Waals surface area contributed by atoms with Crippen molar-refractivity contribution in [2.45, 2.75) is 163 Å². The van der Waals surface area contributed by atoms with Gasteiger partial charge in [0.15, 0.2) is 0 Å². The molecular formula is C30H61NO2S. The third-order valence-electron chi connectivity index (χ3n) is 7.58. The topological polar surface area (TPSA) is 38.3 Å². The lowest BCUT2D eigenvalue weighted by Gasteiger charge is -2.46. The Morgan fingerprint density at radius 1 is 0.853 bits per heavy atom. The molecule has 0 saturated carbocycles. The molecule has 0 radical (unpaired) electrons. The van der Waals surface area contributed by atoms with Crippen molar-refractivity contribution in [3.63, 3.8) is 0 Å². The zero-order valence-electron chi connectivity index (χ0n) is 25.8. The van der Waals surface area contributed by atoms with Crippen molar-refractivity contribution >= 4 is 17.7 Å². The molecule has 0 atom stereocenters. The molecule has 0 heterocycles. The fourth-order valence-corrected chi connectivity index (χ4v) is 7.15. The van der Waals surface area contributed by atoms with Crippen molar-refractivity contribution in [2.75, 3.05) is 6.61 Å². The van der Waals surface area contributed by atoms with Gasteiger partial charge in [-0.05, 0) is 70.1 Å². The fourth-order valence-electron chi connectivity index (χ4n) is 5.03. The van der Waals surface area contributed by atoms with Crippen LogP contribution in [0, 0.1) is 16.7 Å². The Balaban J connectivity index is 4.74.